The maximum Gasteiger partial charge on any atom is 0.0751 e. The van der Waals surface area contributed by atoms with Gasteiger partial charge in [-0.15, -0.1) is 0 Å². The summed E-state index contributed by atoms with van der Waals surface area (Å²) in [6.07, 6.45) is 1.69. The van der Waals surface area contributed by atoms with E-state index in [1.807, 2.05) is 12.1 Å². The Hall–Kier alpha value is -1.38. The average molecular weight is 261 g/mol. The van der Waals surface area contributed by atoms with Gasteiger partial charge in [-0.3, -0.25) is 4.98 Å². The molecule has 0 aliphatic carbocycles. The molecule has 1 unspecified atom stereocenters. The third-order valence-electron chi connectivity index (χ3n) is 2.86. The summed E-state index contributed by atoms with van der Waals surface area (Å²) in [5.74, 6) is 0. The van der Waals surface area contributed by atoms with Gasteiger partial charge in [0.25, 0.3) is 0 Å². The van der Waals surface area contributed by atoms with Gasteiger partial charge in [0.05, 0.1) is 16.8 Å². The van der Waals surface area contributed by atoms with E-state index < -0.39 is 0 Å². The zero-order valence-corrected chi connectivity index (χ0v) is 11.4. The molecule has 1 atom stereocenters. The SMILES string of the molecule is CCNC(c1ccc(C)cc1)c1ccc(Cl)cn1. The molecule has 2 rings (SSSR count). The van der Waals surface area contributed by atoms with Gasteiger partial charge in [0, 0.05) is 6.20 Å². The third kappa shape index (κ3) is 3.09. The molecule has 0 bridgehead atoms. The van der Waals surface area contributed by atoms with E-state index in [9.17, 15) is 0 Å². The molecule has 0 saturated heterocycles. The van der Waals surface area contributed by atoms with Crippen LogP contribution in [-0.2, 0) is 0 Å². The molecule has 0 saturated carbocycles. The molecule has 2 aromatic rings. The molecule has 1 N–H and O–H groups in total. The molecule has 94 valence electrons. The van der Waals surface area contributed by atoms with E-state index in [1.165, 1.54) is 11.1 Å². The fourth-order valence-corrected chi connectivity index (χ4v) is 2.03. The molecule has 2 nitrogen and oxygen atoms in total. The van der Waals surface area contributed by atoms with Crippen LogP contribution in [0.1, 0.15) is 29.8 Å². The number of hydrogen-bond donors (Lipinski definition) is 1. The van der Waals surface area contributed by atoms with Crippen LogP contribution in [0, 0.1) is 6.92 Å². The Morgan fingerprint density at radius 3 is 2.44 bits per heavy atom. The van der Waals surface area contributed by atoms with Crippen LogP contribution in [-0.4, -0.2) is 11.5 Å². The first kappa shape index (κ1) is 13.1. The number of benzene rings is 1. The lowest BCUT2D eigenvalue weighted by atomic mass is 10.0. The standard InChI is InChI=1S/C15H17ClN2/c1-3-17-15(12-6-4-11(2)5-7-12)14-9-8-13(16)10-18-14/h4-10,15,17H,3H2,1-2H3. The Bertz CT molecular complexity index is 445. The second-order valence-corrected chi connectivity index (χ2v) is 4.74. The van der Waals surface area contributed by atoms with Crippen LogP contribution in [0.3, 0.4) is 0 Å². The van der Waals surface area contributed by atoms with Crippen LogP contribution in [0.5, 0.6) is 0 Å². The quantitative estimate of drug-likeness (QED) is 0.906. The molecule has 0 spiro atoms. The smallest absolute Gasteiger partial charge is 0.0751 e. The molecule has 0 radical (unpaired) electrons. The minimum Gasteiger partial charge on any atom is -0.305 e. The van der Waals surface area contributed by atoms with Crippen molar-refractivity contribution in [3.05, 3.63) is 64.4 Å². The van der Waals surface area contributed by atoms with E-state index in [2.05, 4.69) is 48.4 Å². The highest BCUT2D eigenvalue weighted by Gasteiger charge is 2.13. The van der Waals surface area contributed by atoms with Crippen molar-refractivity contribution in [3.8, 4) is 0 Å². The van der Waals surface area contributed by atoms with E-state index in [0.717, 1.165) is 12.2 Å². The zero-order valence-electron chi connectivity index (χ0n) is 10.7. The molecule has 1 aromatic heterocycles. The number of hydrogen-bond acceptors (Lipinski definition) is 2. The van der Waals surface area contributed by atoms with Crippen LogP contribution in [0.25, 0.3) is 0 Å². The number of aromatic nitrogens is 1. The van der Waals surface area contributed by atoms with Gasteiger partial charge < -0.3 is 5.32 Å². The first-order valence-corrected chi connectivity index (χ1v) is 6.50. The number of nitrogens with one attached hydrogen (secondary N) is 1. The topological polar surface area (TPSA) is 24.9 Å². The summed E-state index contributed by atoms with van der Waals surface area (Å²) in [6.45, 7) is 5.08. The highest BCUT2D eigenvalue weighted by molar-refractivity contribution is 6.30. The van der Waals surface area contributed by atoms with Crippen LogP contribution < -0.4 is 5.32 Å². The summed E-state index contributed by atoms with van der Waals surface area (Å²) >= 11 is 5.88. The van der Waals surface area contributed by atoms with Crippen molar-refractivity contribution in [2.75, 3.05) is 6.54 Å². The van der Waals surface area contributed by atoms with Crippen molar-refractivity contribution in [3.63, 3.8) is 0 Å². The van der Waals surface area contributed by atoms with Gasteiger partial charge in [0.2, 0.25) is 0 Å². The number of aryl methyl sites for hydroxylation is 1. The monoisotopic (exact) mass is 260 g/mol. The summed E-state index contributed by atoms with van der Waals surface area (Å²) in [7, 11) is 0. The highest BCUT2D eigenvalue weighted by atomic mass is 35.5. The third-order valence-corrected chi connectivity index (χ3v) is 3.09. The van der Waals surface area contributed by atoms with E-state index in [4.69, 9.17) is 11.6 Å². The van der Waals surface area contributed by atoms with E-state index in [-0.39, 0.29) is 6.04 Å². The summed E-state index contributed by atoms with van der Waals surface area (Å²) in [5.41, 5.74) is 3.47. The van der Waals surface area contributed by atoms with Gasteiger partial charge in [-0.1, -0.05) is 48.4 Å². The maximum absolute atomic E-state index is 5.88. The summed E-state index contributed by atoms with van der Waals surface area (Å²) < 4.78 is 0. The fourth-order valence-electron chi connectivity index (χ4n) is 1.91. The van der Waals surface area contributed by atoms with Crippen molar-refractivity contribution in [2.24, 2.45) is 0 Å². The van der Waals surface area contributed by atoms with Crippen molar-refractivity contribution in [1.82, 2.24) is 10.3 Å². The highest BCUT2D eigenvalue weighted by Crippen LogP contribution is 2.21. The summed E-state index contributed by atoms with van der Waals surface area (Å²) in [4.78, 5) is 4.40. The second kappa shape index (κ2) is 5.98. The lowest BCUT2D eigenvalue weighted by Gasteiger charge is -2.18. The largest absolute Gasteiger partial charge is 0.305 e. The molecule has 3 heteroatoms. The average Bonchev–Trinajstić information content (AvgIpc) is 2.39. The van der Waals surface area contributed by atoms with Gasteiger partial charge in [0.15, 0.2) is 0 Å². The van der Waals surface area contributed by atoms with Gasteiger partial charge in [-0.05, 0) is 31.2 Å². The predicted molar refractivity (Wildman–Crippen MR) is 75.9 cm³/mol. The maximum atomic E-state index is 5.88. The van der Waals surface area contributed by atoms with E-state index in [0.29, 0.717) is 5.02 Å². The molecule has 0 aliphatic rings. The molecule has 0 amide bonds. The van der Waals surface area contributed by atoms with Crippen molar-refractivity contribution in [2.45, 2.75) is 19.9 Å². The number of rotatable bonds is 4. The fraction of sp³-hybridized carbons (Fsp3) is 0.267. The van der Waals surface area contributed by atoms with Crippen molar-refractivity contribution in [1.29, 1.82) is 0 Å². The van der Waals surface area contributed by atoms with Crippen LogP contribution in [0.15, 0.2) is 42.6 Å². The Kier molecular flexibility index (Phi) is 4.34. The minimum absolute atomic E-state index is 0.118. The first-order chi connectivity index (χ1) is 8.70. The Balaban J connectivity index is 2.33. The van der Waals surface area contributed by atoms with Gasteiger partial charge >= 0.3 is 0 Å². The van der Waals surface area contributed by atoms with Crippen LogP contribution in [0.4, 0.5) is 0 Å². The van der Waals surface area contributed by atoms with E-state index >= 15 is 0 Å². The molecule has 1 heterocycles. The summed E-state index contributed by atoms with van der Waals surface area (Å²) in [5, 5.41) is 4.11. The second-order valence-electron chi connectivity index (χ2n) is 4.30. The van der Waals surface area contributed by atoms with Crippen LogP contribution in [0.2, 0.25) is 5.02 Å². The van der Waals surface area contributed by atoms with Gasteiger partial charge in [-0.2, -0.15) is 0 Å². The molecule has 1 aromatic carbocycles. The lowest BCUT2D eigenvalue weighted by molar-refractivity contribution is 0.615. The minimum atomic E-state index is 0.118. The zero-order chi connectivity index (χ0) is 13.0. The van der Waals surface area contributed by atoms with Crippen LogP contribution >= 0.6 is 11.6 Å². The normalized spacial score (nSPS) is 12.4. The molecular formula is C15H17ClN2. The lowest BCUT2D eigenvalue weighted by Crippen LogP contribution is -2.22. The molecule has 18 heavy (non-hydrogen) atoms. The van der Waals surface area contributed by atoms with Gasteiger partial charge in [0.1, 0.15) is 0 Å². The summed E-state index contributed by atoms with van der Waals surface area (Å²) in [6, 6.07) is 12.5. The first-order valence-electron chi connectivity index (χ1n) is 6.12. The Morgan fingerprint density at radius 1 is 1.17 bits per heavy atom. The molecule has 0 fully saturated rings. The number of nitrogens with zero attached hydrogens (tertiary/aromatic N) is 1. The van der Waals surface area contributed by atoms with Crippen molar-refractivity contribution >= 4 is 11.6 Å². The molecular weight excluding hydrogens is 244 g/mol. The number of pyridine rings is 1. The van der Waals surface area contributed by atoms with E-state index in [1.54, 1.807) is 6.20 Å². The predicted octanol–water partition coefficient (Wildman–Crippen LogP) is 3.74. The van der Waals surface area contributed by atoms with Crippen molar-refractivity contribution < 1.29 is 0 Å². The van der Waals surface area contributed by atoms with Gasteiger partial charge in [-0.25, -0.2) is 0 Å². The Labute approximate surface area is 113 Å². The Morgan fingerprint density at radius 2 is 1.89 bits per heavy atom. The number of halogens is 1. The molecule has 0 aliphatic heterocycles.